The molecule has 0 radical (unpaired) electrons. The summed E-state index contributed by atoms with van der Waals surface area (Å²) in [5, 5.41) is 17.4. The number of aliphatic carboxylic acids is 1. The van der Waals surface area contributed by atoms with Gasteiger partial charge in [0.25, 0.3) is 0 Å². The Bertz CT molecular complexity index is 599. The Labute approximate surface area is 121 Å². The summed E-state index contributed by atoms with van der Waals surface area (Å²) in [6.45, 7) is 5.73. The van der Waals surface area contributed by atoms with Crippen LogP contribution in [0, 0.1) is 12.3 Å². The zero-order valence-corrected chi connectivity index (χ0v) is 12.7. The molecule has 0 aliphatic carbocycles. The van der Waals surface area contributed by atoms with Gasteiger partial charge in [0.05, 0.1) is 5.41 Å². The van der Waals surface area contributed by atoms with E-state index in [0.717, 1.165) is 11.1 Å². The Hall–Kier alpha value is -1.69. The van der Waals surface area contributed by atoms with Crippen LogP contribution in [-0.4, -0.2) is 21.2 Å². The van der Waals surface area contributed by atoms with Crippen LogP contribution in [0.3, 0.4) is 0 Å². The minimum Gasteiger partial charge on any atom is -0.481 e. The van der Waals surface area contributed by atoms with Gasteiger partial charge in [-0.3, -0.25) is 4.79 Å². The summed E-state index contributed by atoms with van der Waals surface area (Å²) < 4.78 is 5.23. The third-order valence-corrected chi connectivity index (χ3v) is 4.72. The molecule has 0 bridgehead atoms. The molecule has 1 N–H and O–H groups in total. The third kappa shape index (κ3) is 2.60. The van der Waals surface area contributed by atoms with Crippen molar-refractivity contribution < 1.29 is 14.4 Å². The summed E-state index contributed by atoms with van der Waals surface area (Å²) in [5.74, 6) is 0.107. The Kier molecular flexibility index (Phi) is 4.23. The van der Waals surface area contributed by atoms with Gasteiger partial charge in [-0.05, 0) is 30.7 Å². The van der Waals surface area contributed by atoms with E-state index in [1.54, 1.807) is 11.3 Å². The molecule has 5 nitrogen and oxygen atoms in total. The molecule has 6 heteroatoms. The van der Waals surface area contributed by atoms with Crippen LogP contribution in [0.1, 0.15) is 38.1 Å². The number of carbonyl (C=O) groups is 1. The summed E-state index contributed by atoms with van der Waals surface area (Å²) in [4.78, 5) is 15.8. The molecule has 2 aromatic rings. The van der Waals surface area contributed by atoms with Crippen molar-refractivity contribution in [3.63, 3.8) is 0 Å². The third-order valence-electron chi connectivity index (χ3n) is 3.86. The highest BCUT2D eigenvalue weighted by atomic mass is 32.1. The summed E-state index contributed by atoms with van der Waals surface area (Å²) in [5.41, 5.74) is 1.21. The van der Waals surface area contributed by atoms with Gasteiger partial charge < -0.3 is 9.63 Å². The van der Waals surface area contributed by atoms with Crippen LogP contribution in [-0.2, 0) is 11.2 Å². The van der Waals surface area contributed by atoms with Crippen molar-refractivity contribution in [3.05, 3.63) is 22.2 Å². The fraction of sp³-hybridized carbons (Fsp3) is 0.500. The molecular weight excluding hydrogens is 276 g/mol. The first-order valence-electron chi connectivity index (χ1n) is 6.61. The maximum atomic E-state index is 11.5. The average molecular weight is 294 g/mol. The Morgan fingerprint density at radius 2 is 2.10 bits per heavy atom. The van der Waals surface area contributed by atoms with Crippen LogP contribution in [0.15, 0.2) is 15.3 Å². The van der Waals surface area contributed by atoms with Crippen molar-refractivity contribution in [3.8, 4) is 11.4 Å². The van der Waals surface area contributed by atoms with Crippen LogP contribution in [0.2, 0.25) is 0 Å². The lowest BCUT2D eigenvalue weighted by atomic mass is 9.79. The quantitative estimate of drug-likeness (QED) is 0.881. The highest BCUT2D eigenvalue weighted by Gasteiger charge is 2.37. The normalized spacial score (nSPS) is 11.8. The maximum Gasteiger partial charge on any atom is 0.310 e. The number of thiophene rings is 1. The number of carboxylic acid groups (broad SMARTS) is 1. The molecule has 0 saturated carbocycles. The predicted octanol–water partition coefficient (Wildman–Crippen LogP) is 3.54. The SMILES string of the molecule is CCC(CC)(Cc1nc(-c2cscc2C)no1)C(=O)O. The maximum absolute atomic E-state index is 11.5. The number of hydrogen-bond acceptors (Lipinski definition) is 5. The molecule has 0 saturated heterocycles. The zero-order chi connectivity index (χ0) is 14.8. The summed E-state index contributed by atoms with van der Waals surface area (Å²) in [6.07, 6.45) is 1.34. The van der Waals surface area contributed by atoms with Gasteiger partial charge in [-0.1, -0.05) is 19.0 Å². The number of aromatic nitrogens is 2. The second kappa shape index (κ2) is 5.75. The van der Waals surface area contributed by atoms with E-state index >= 15 is 0 Å². The monoisotopic (exact) mass is 294 g/mol. The largest absolute Gasteiger partial charge is 0.481 e. The van der Waals surface area contributed by atoms with Crippen molar-refractivity contribution >= 4 is 17.3 Å². The fourth-order valence-corrected chi connectivity index (χ4v) is 3.02. The van der Waals surface area contributed by atoms with Crippen molar-refractivity contribution in [1.29, 1.82) is 0 Å². The predicted molar refractivity (Wildman–Crippen MR) is 76.7 cm³/mol. The van der Waals surface area contributed by atoms with E-state index in [0.29, 0.717) is 24.6 Å². The van der Waals surface area contributed by atoms with Crippen molar-refractivity contribution in [1.82, 2.24) is 10.1 Å². The standard InChI is InChI=1S/C14H18N2O3S/c1-4-14(5-2,13(17)18)6-11-15-12(16-19-11)10-8-20-7-9(10)3/h7-8H,4-6H2,1-3H3,(H,17,18). The van der Waals surface area contributed by atoms with Gasteiger partial charge in [0.15, 0.2) is 0 Å². The Balaban J connectivity index is 2.25. The molecule has 0 amide bonds. The molecule has 2 rings (SSSR count). The van der Waals surface area contributed by atoms with Gasteiger partial charge in [-0.15, -0.1) is 0 Å². The van der Waals surface area contributed by atoms with Crippen molar-refractivity contribution in [2.45, 2.75) is 40.0 Å². The summed E-state index contributed by atoms with van der Waals surface area (Å²) in [7, 11) is 0. The molecule has 20 heavy (non-hydrogen) atoms. The van der Waals surface area contributed by atoms with E-state index in [-0.39, 0.29) is 6.42 Å². The lowest BCUT2D eigenvalue weighted by molar-refractivity contribution is -0.149. The number of nitrogens with zero attached hydrogens (tertiary/aromatic N) is 2. The Morgan fingerprint density at radius 3 is 2.60 bits per heavy atom. The second-order valence-electron chi connectivity index (χ2n) is 4.95. The number of hydrogen-bond donors (Lipinski definition) is 1. The molecule has 0 aromatic carbocycles. The summed E-state index contributed by atoms with van der Waals surface area (Å²) in [6, 6.07) is 0. The number of aryl methyl sites for hydroxylation is 1. The van der Waals surface area contributed by atoms with Crippen molar-refractivity contribution in [2.75, 3.05) is 0 Å². The van der Waals surface area contributed by atoms with E-state index < -0.39 is 11.4 Å². The van der Waals surface area contributed by atoms with Gasteiger partial charge in [0.1, 0.15) is 0 Å². The number of carboxylic acids is 1. The van der Waals surface area contributed by atoms with E-state index in [2.05, 4.69) is 10.1 Å². The molecule has 2 aromatic heterocycles. The second-order valence-corrected chi connectivity index (χ2v) is 5.69. The van der Waals surface area contributed by atoms with Gasteiger partial charge in [-0.25, -0.2) is 0 Å². The van der Waals surface area contributed by atoms with Crippen molar-refractivity contribution in [2.24, 2.45) is 5.41 Å². The van der Waals surface area contributed by atoms with Gasteiger partial charge in [0.2, 0.25) is 11.7 Å². The number of rotatable bonds is 6. The smallest absolute Gasteiger partial charge is 0.310 e. The minimum atomic E-state index is -0.826. The van der Waals surface area contributed by atoms with Crippen LogP contribution in [0.5, 0.6) is 0 Å². The van der Waals surface area contributed by atoms with E-state index in [1.165, 1.54) is 0 Å². The molecular formula is C14H18N2O3S. The molecule has 0 atom stereocenters. The van der Waals surface area contributed by atoms with Crippen LogP contribution in [0.4, 0.5) is 0 Å². The van der Waals surface area contributed by atoms with E-state index in [1.807, 2.05) is 31.5 Å². The first kappa shape index (κ1) is 14.7. The van der Waals surface area contributed by atoms with Crippen LogP contribution >= 0.6 is 11.3 Å². The van der Waals surface area contributed by atoms with Crippen LogP contribution < -0.4 is 0 Å². The molecule has 108 valence electrons. The molecule has 0 aliphatic rings. The average Bonchev–Trinajstić information content (AvgIpc) is 3.04. The lowest BCUT2D eigenvalue weighted by Crippen LogP contribution is -2.32. The zero-order valence-electron chi connectivity index (χ0n) is 11.8. The molecule has 0 fully saturated rings. The van der Waals surface area contributed by atoms with E-state index in [9.17, 15) is 9.90 Å². The van der Waals surface area contributed by atoms with Crippen LogP contribution in [0.25, 0.3) is 11.4 Å². The minimum absolute atomic E-state index is 0.269. The first-order chi connectivity index (χ1) is 9.52. The van der Waals surface area contributed by atoms with Gasteiger partial charge >= 0.3 is 5.97 Å². The highest BCUT2D eigenvalue weighted by Crippen LogP contribution is 2.32. The summed E-state index contributed by atoms with van der Waals surface area (Å²) >= 11 is 1.58. The van der Waals surface area contributed by atoms with Gasteiger partial charge in [-0.2, -0.15) is 16.3 Å². The topological polar surface area (TPSA) is 76.2 Å². The highest BCUT2D eigenvalue weighted by molar-refractivity contribution is 7.08. The fourth-order valence-electron chi connectivity index (χ4n) is 2.19. The molecule has 0 aliphatic heterocycles. The lowest BCUT2D eigenvalue weighted by Gasteiger charge is -2.24. The van der Waals surface area contributed by atoms with Gasteiger partial charge in [0, 0.05) is 17.4 Å². The molecule has 0 spiro atoms. The van der Waals surface area contributed by atoms with E-state index in [4.69, 9.17) is 4.52 Å². The molecule has 2 heterocycles. The molecule has 0 unspecified atom stereocenters. The Morgan fingerprint density at radius 1 is 1.40 bits per heavy atom. The first-order valence-corrected chi connectivity index (χ1v) is 7.56.